The second kappa shape index (κ2) is 6.04. The van der Waals surface area contributed by atoms with Crippen LogP contribution < -0.4 is 30.1 Å². The third-order valence-electron chi connectivity index (χ3n) is 0.940. The number of rotatable bonds is 0. The maximum Gasteiger partial charge on any atom is -0.0398 e. The first-order valence-electron chi connectivity index (χ1n) is 2.41. The molecule has 0 bridgehead atoms. The highest BCUT2D eigenvalue weighted by molar-refractivity contribution is 5.11. The monoisotopic (exact) mass is 237 g/mol. The zero-order valence-electron chi connectivity index (χ0n) is 5.76. The van der Waals surface area contributed by atoms with E-state index in [-0.39, 0.29) is 30.1 Å². The minimum Gasteiger partial charge on any atom is -1.00 e. The first kappa shape index (κ1) is 11.7. The van der Waals surface area contributed by atoms with Crippen LogP contribution in [0.15, 0.2) is 30.3 Å². The molecule has 9 heavy (non-hydrogen) atoms. The van der Waals surface area contributed by atoms with E-state index in [2.05, 4.69) is 19.1 Å². The third-order valence-corrected chi connectivity index (χ3v) is 0.940. The molecule has 0 aliphatic carbocycles. The molecule has 0 unspecified atom stereocenters. The number of hydrogen-bond donors (Lipinski definition) is 1. The van der Waals surface area contributed by atoms with E-state index in [1.807, 2.05) is 18.2 Å². The van der Waals surface area contributed by atoms with Crippen LogP contribution in [-0.2, 0) is 0 Å². The van der Waals surface area contributed by atoms with Crippen molar-refractivity contribution in [3.63, 3.8) is 0 Å². The molecule has 0 saturated carbocycles. The van der Waals surface area contributed by atoms with Crippen LogP contribution in [-0.4, -0.2) is 0 Å². The van der Waals surface area contributed by atoms with E-state index in [1.54, 1.807) is 0 Å². The fourth-order valence-corrected chi connectivity index (χ4v) is 0.534. The Kier molecular flexibility index (Phi) is 7.83. The predicted molar refractivity (Wildman–Crippen MR) is 37.2 cm³/mol. The van der Waals surface area contributed by atoms with E-state index in [9.17, 15) is 0 Å². The van der Waals surface area contributed by atoms with Crippen molar-refractivity contribution in [1.29, 1.82) is 0 Å². The van der Waals surface area contributed by atoms with Crippen molar-refractivity contribution < 1.29 is 24.0 Å². The zero-order chi connectivity index (χ0) is 5.11. The summed E-state index contributed by atoms with van der Waals surface area (Å²) in [7, 11) is 0. The zero-order valence-corrected chi connectivity index (χ0v) is 7.92. The van der Waals surface area contributed by atoms with Gasteiger partial charge in [0.1, 0.15) is 0 Å². The summed E-state index contributed by atoms with van der Waals surface area (Å²) in [6, 6.07) is 10.3. The van der Waals surface area contributed by atoms with Crippen LogP contribution in [0.25, 0.3) is 0 Å². The van der Waals surface area contributed by atoms with E-state index < -0.39 is 0 Å². The Morgan fingerprint density at radius 3 is 1.67 bits per heavy atom. The molecular weight excluding hydrogens is 225 g/mol. The molecule has 52 valence electrons. The van der Waals surface area contributed by atoms with E-state index in [0.29, 0.717) is 0 Å². The van der Waals surface area contributed by atoms with Gasteiger partial charge in [-0.1, -0.05) is 35.9 Å². The molecule has 4 N–H and O–H groups in total. The summed E-state index contributed by atoms with van der Waals surface area (Å²) in [6.45, 7) is 2.08. The highest BCUT2D eigenvalue weighted by Gasteiger charge is 1.72. The van der Waals surface area contributed by atoms with Gasteiger partial charge in [-0.2, -0.15) is 0 Å². The minimum atomic E-state index is 0. The van der Waals surface area contributed by atoms with Crippen molar-refractivity contribution in [2.75, 3.05) is 0 Å². The number of aryl methyl sites for hydroxylation is 1. The van der Waals surface area contributed by atoms with Crippen molar-refractivity contribution in [2.45, 2.75) is 6.92 Å². The average Bonchev–Trinajstić information content (AvgIpc) is 1.69. The van der Waals surface area contributed by atoms with Gasteiger partial charge in [0.2, 0.25) is 0 Å². The number of quaternary nitrogens is 1. The molecule has 0 spiro atoms. The van der Waals surface area contributed by atoms with Crippen LogP contribution in [0, 0.1) is 6.92 Å². The molecule has 2 heteroatoms. The van der Waals surface area contributed by atoms with E-state index >= 15 is 0 Å². The lowest BCUT2D eigenvalue weighted by molar-refractivity contribution is -0.00000197. The van der Waals surface area contributed by atoms with Crippen molar-refractivity contribution in [2.24, 2.45) is 0 Å². The Morgan fingerprint density at radius 2 is 1.44 bits per heavy atom. The second-order valence-electron chi connectivity index (χ2n) is 1.65. The summed E-state index contributed by atoms with van der Waals surface area (Å²) in [4.78, 5) is 0. The molecule has 0 heterocycles. The fourth-order valence-electron chi connectivity index (χ4n) is 0.534. The van der Waals surface area contributed by atoms with Crippen LogP contribution in [0.4, 0.5) is 0 Å². The minimum absolute atomic E-state index is 0. The van der Waals surface area contributed by atoms with Gasteiger partial charge in [0, 0.05) is 0 Å². The van der Waals surface area contributed by atoms with Crippen molar-refractivity contribution in [1.82, 2.24) is 6.15 Å². The molecule has 0 aromatic heterocycles. The van der Waals surface area contributed by atoms with Crippen LogP contribution >= 0.6 is 0 Å². The summed E-state index contributed by atoms with van der Waals surface area (Å²) in [5, 5.41) is 0. The van der Waals surface area contributed by atoms with Gasteiger partial charge in [-0.3, -0.25) is 0 Å². The molecule has 1 rings (SSSR count). The molecule has 0 atom stereocenters. The molecule has 0 amide bonds. The Bertz CT molecular complexity index is 139. The lowest BCUT2D eigenvalue weighted by atomic mass is 10.2. The van der Waals surface area contributed by atoms with Gasteiger partial charge in [0.25, 0.3) is 0 Å². The Labute approximate surface area is 73.1 Å². The fraction of sp³-hybridized carbons (Fsp3) is 0.143. The summed E-state index contributed by atoms with van der Waals surface area (Å²) in [5.74, 6) is 0. The summed E-state index contributed by atoms with van der Waals surface area (Å²) >= 11 is 0. The van der Waals surface area contributed by atoms with Gasteiger partial charge in [0.15, 0.2) is 0 Å². The van der Waals surface area contributed by atoms with E-state index in [4.69, 9.17) is 0 Å². The van der Waals surface area contributed by atoms with Gasteiger partial charge >= 0.3 is 0 Å². The van der Waals surface area contributed by atoms with Gasteiger partial charge in [-0.15, -0.1) is 0 Å². The molecule has 1 nitrogen and oxygen atoms in total. The van der Waals surface area contributed by atoms with Crippen molar-refractivity contribution >= 4 is 0 Å². The highest BCUT2D eigenvalue weighted by atomic mass is 127. The van der Waals surface area contributed by atoms with Crippen molar-refractivity contribution in [3.8, 4) is 0 Å². The van der Waals surface area contributed by atoms with E-state index in [1.165, 1.54) is 5.56 Å². The number of benzene rings is 1. The smallest absolute Gasteiger partial charge is 0.0398 e. The molecule has 1 aromatic carbocycles. The van der Waals surface area contributed by atoms with Gasteiger partial charge in [-0.25, -0.2) is 0 Å². The predicted octanol–water partition coefficient (Wildman–Crippen LogP) is -0.625. The lowest BCUT2D eigenvalue weighted by Gasteiger charge is -1.82. The number of hydrogen-bond acceptors (Lipinski definition) is 0. The van der Waals surface area contributed by atoms with Gasteiger partial charge in [0.05, 0.1) is 0 Å². The summed E-state index contributed by atoms with van der Waals surface area (Å²) in [6.07, 6.45) is 0. The number of halogens is 1. The largest absolute Gasteiger partial charge is 1.00 e. The molecule has 0 fully saturated rings. The first-order valence-corrected chi connectivity index (χ1v) is 2.41. The highest BCUT2D eigenvalue weighted by Crippen LogP contribution is 1.92. The molecular formula is C7H12IN. The molecule has 0 aliphatic rings. The van der Waals surface area contributed by atoms with Crippen LogP contribution in [0.2, 0.25) is 0 Å². The quantitative estimate of drug-likeness (QED) is 0.584. The molecule has 0 radical (unpaired) electrons. The Balaban J connectivity index is 0. The average molecular weight is 237 g/mol. The summed E-state index contributed by atoms with van der Waals surface area (Å²) < 4.78 is 0. The lowest BCUT2D eigenvalue weighted by Crippen LogP contribution is -3.00. The standard InChI is InChI=1S/C7H8.HI.H3N/c1-7-5-3-2-4-6-7;;/h2-6H,1H3;1H;1H3. The normalized spacial score (nSPS) is 6.78. The maximum absolute atomic E-state index is 2.08. The van der Waals surface area contributed by atoms with Gasteiger partial charge < -0.3 is 30.1 Å². The maximum atomic E-state index is 2.08. The van der Waals surface area contributed by atoms with Crippen LogP contribution in [0.5, 0.6) is 0 Å². The topological polar surface area (TPSA) is 36.5 Å². The van der Waals surface area contributed by atoms with Gasteiger partial charge in [-0.05, 0) is 6.92 Å². The third kappa shape index (κ3) is 4.42. The SMILES string of the molecule is Cc1ccccc1.[I-].[NH4+]. The first-order chi connectivity index (χ1) is 3.39. The van der Waals surface area contributed by atoms with E-state index in [0.717, 1.165) is 0 Å². The Morgan fingerprint density at radius 1 is 1.00 bits per heavy atom. The second-order valence-corrected chi connectivity index (χ2v) is 1.65. The summed E-state index contributed by atoms with van der Waals surface area (Å²) in [5.41, 5.74) is 1.32. The van der Waals surface area contributed by atoms with Crippen LogP contribution in [0.3, 0.4) is 0 Å². The van der Waals surface area contributed by atoms with Crippen molar-refractivity contribution in [3.05, 3.63) is 35.9 Å². The molecule has 0 aliphatic heterocycles. The molecule has 1 aromatic rings. The van der Waals surface area contributed by atoms with Crippen LogP contribution in [0.1, 0.15) is 5.56 Å². The molecule has 0 saturated heterocycles. The Hall–Kier alpha value is -0.0900.